The fourth-order valence-electron chi connectivity index (χ4n) is 11.9. The number of hydrogen-bond acceptors (Lipinski definition) is 15. The minimum Gasteiger partial charge on any atom is -0.396 e. The number of carbonyl (C=O) groups is 11. The lowest BCUT2D eigenvalue weighted by molar-refractivity contribution is -0.157. The molecule has 8 N–H and O–H groups in total. The third-order valence-corrected chi connectivity index (χ3v) is 19.2. The number of rotatable bonds is 24. The Hall–Kier alpha value is -5.60. The second kappa shape index (κ2) is 41.5. The first-order chi connectivity index (χ1) is 43.7. The number of nitrogens with two attached hydrogens (primary N) is 1. The zero-order chi connectivity index (χ0) is 72.5. The van der Waals surface area contributed by atoms with Crippen molar-refractivity contribution < 1.29 is 63.0 Å². The summed E-state index contributed by atoms with van der Waals surface area (Å²) in [6, 6.07) is -12.6. The maximum atomic E-state index is 15.4. The van der Waals surface area contributed by atoms with Gasteiger partial charge in [0.2, 0.25) is 59.1 Å². The molecule has 1 fully saturated rings. The Labute approximate surface area is 568 Å². The lowest BCUT2D eigenvalue weighted by Gasteiger charge is -2.41. The zero-order valence-electron chi connectivity index (χ0n) is 61.6. The van der Waals surface area contributed by atoms with Crippen molar-refractivity contribution in [2.45, 2.75) is 260 Å². The number of unbranched alkanes of at least 4 members (excludes halogenated alkanes) is 4. The van der Waals surface area contributed by atoms with E-state index in [9.17, 15) is 34.2 Å². The molecule has 0 aromatic heterocycles. The summed E-state index contributed by atoms with van der Waals surface area (Å²) >= 11 is 1.10. The smallest absolute Gasteiger partial charge is 0.256 e. The number of thioether (sulfide) groups is 1. The van der Waals surface area contributed by atoms with Crippen LogP contribution in [0.3, 0.4) is 0 Å². The number of nitrogens with one attached hydrogen (secondary N) is 4. The average molecular weight is 1350 g/mol. The first kappa shape index (κ1) is 86.4. The highest BCUT2D eigenvalue weighted by Gasteiger charge is 2.46. The van der Waals surface area contributed by atoms with E-state index in [0.29, 0.717) is 32.2 Å². The van der Waals surface area contributed by atoms with Crippen molar-refractivity contribution >= 4 is 76.7 Å². The molecule has 0 radical (unpaired) electrons. The molecule has 0 bridgehead atoms. The van der Waals surface area contributed by atoms with Gasteiger partial charge in [0, 0.05) is 55.9 Å². The third-order valence-electron chi connectivity index (χ3n) is 17.9. The van der Waals surface area contributed by atoms with Crippen molar-refractivity contribution in [3.05, 3.63) is 0 Å². The van der Waals surface area contributed by atoms with Gasteiger partial charge in [-0.1, -0.05) is 116 Å². The molecule has 1 aliphatic heterocycles. The fourth-order valence-corrected chi connectivity index (χ4v) is 13.2. The highest BCUT2D eigenvalue weighted by molar-refractivity contribution is 8.00. The van der Waals surface area contributed by atoms with Crippen LogP contribution >= 0.6 is 11.8 Å². The molecule has 1 saturated heterocycles. The largest absolute Gasteiger partial charge is 0.396 e. The summed E-state index contributed by atoms with van der Waals surface area (Å²) in [5, 5.41) is 32.0. The van der Waals surface area contributed by atoms with E-state index in [0.717, 1.165) is 35.9 Å². The van der Waals surface area contributed by atoms with E-state index in [1.54, 1.807) is 41.5 Å². The summed E-state index contributed by atoms with van der Waals surface area (Å²) in [5.41, 5.74) is 5.77. The Morgan fingerprint density at radius 1 is 0.436 bits per heavy atom. The Kier molecular flexibility index (Phi) is 38.1. The van der Waals surface area contributed by atoms with E-state index in [1.807, 2.05) is 55.4 Å². The summed E-state index contributed by atoms with van der Waals surface area (Å²) < 4.78 is 0. The molecule has 1 aliphatic rings. The van der Waals surface area contributed by atoms with E-state index >= 15 is 28.8 Å². The van der Waals surface area contributed by atoms with Gasteiger partial charge in [-0.05, 0) is 125 Å². The Balaban J connectivity index is 4.53. The van der Waals surface area contributed by atoms with Crippen molar-refractivity contribution in [1.82, 2.24) is 55.6 Å². The quantitative estimate of drug-likeness (QED) is 0.0671. The van der Waals surface area contributed by atoms with Gasteiger partial charge in [0.15, 0.2) is 5.37 Å². The van der Waals surface area contributed by atoms with Crippen LogP contribution in [0.25, 0.3) is 0 Å². The molecule has 94 heavy (non-hydrogen) atoms. The highest BCUT2D eigenvalue weighted by atomic mass is 32.2. The molecule has 1 heterocycles. The van der Waals surface area contributed by atoms with E-state index in [1.165, 1.54) is 92.6 Å². The second-order valence-electron chi connectivity index (χ2n) is 28.6. The maximum absolute atomic E-state index is 15.4. The molecule has 0 aliphatic carbocycles. The average Bonchev–Trinajstić information content (AvgIpc) is 0.818. The number of amides is 11. The predicted molar refractivity (Wildman–Crippen MR) is 369 cm³/mol. The van der Waals surface area contributed by atoms with Crippen LogP contribution in [0, 0.1) is 41.4 Å². The van der Waals surface area contributed by atoms with Gasteiger partial charge in [-0.15, -0.1) is 11.8 Å². The molecule has 0 unspecified atom stereocenters. The number of aliphatic hydroxyl groups is 2. The van der Waals surface area contributed by atoms with E-state index < -0.39 is 155 Å². The topological polar surface area (TPSA) is 325 Å². The van der Waals surface area contributed by atoms with Crippen LogP contribution in [0.1, 0.15) is 188 Å². The first-order valence-electron chi connectivity index (χ1n) is 34.4. The zero-order valence-corrected chi connectivity index (χ0v) is 62.4. The second-order valence-corrected chi connectivity index (χ2v) is 29.8. The van der Waals surface area contributed by atoms with Crippen LogP contribution in [-0.4, -0.2) is 250 Å². The number of likely N-dealkylation sites (N-methyl/N-ethyl adjacent to an activating group) is 7. The Morgan fingerprint density at radius 3 is 1.34 bits per heavy atom. The molecule has 0 aromatic carbocycles. The normalized spacial score (nSPS) is 26.2. The molecule has 26 heteroatoms. The molecule has 542 valence electrons. The maximum Gasteiger partial charge on any atom is 0.256 e. The number of nitrogens with zero attached hydrogens (tertiary/aromatic N) is 7. The van der Waals surface area contributed by atoms with Gasteiger partial charge >= 0.3 is 0 Å². The van der Waals surface area contributed by atoms with Crippen LogP contribution in [-0.2, 0) is 52.7 Å². The van der Waals surface area contributed by atoms with Crippen LogP contribution in [0.5, 0.6) is 0 Å². The van der Waals surface area contributed by atoms with Gasteiger partial charge < -0.3 is 71.5 Å². The number of hydrogen-bond donors (Lipinski definition) is 7. The van der Waals surface area contributed by atoms with Gasteiger partial charge in [-0.2, -0.15) is 0 Å². The molecule has 11 amide bonds. The molecule has 0 saturated carbocycles. The van der Waals surface area contributed by atoms with Crippen molar-refractivity contribution in [1.29, 1.82) is 0 Å². The highest BCUT2D eigenvalue weighted by Crippen LogP contribution is 2.28. The summed E-state index contributed by atoms with van der Waals surface area (Å²) in [6.07, 6.45) is 3.42. The summed E-state index contributed by atoms with van der Waals surface area (Å²) in [5.74, 6) is -9.67. The predicted octanol–water partition coefficient (Wildman–Crippen LogP) is 4.04. The van der Waals surface area contributed by atoms with Gasteiger partial charge in [-0.25, -0.2) is 0 Å². The number of carbonyl (C=O) groups excluding carboxylic acids is 11. The van der Waals surface area contributed by atoms with Gasteiger partial charge in [0.05, 0.1) is 6.10 Å². The molecule has 13 atom stereocenters. The van der Waals surface area contributed by atoms with Crippen molar-refractivity contribution in [2.75, 3.05) is 68.2 Å². The molecular formula is C68H126N12O13S. The van der Waals surface area contributed by atoms with Crippen LogP contribution in [0.2, 0.25) is 0 Å². The minimum atomic E-state index is -1.64. The number of aliphatic hydroxyl groups excluding tert-OH is 2. The Morgan fingerprint density at radius 2 is 0.872 bits per heavy atom. The van der Waals surface area contributed by atoms with E-state index in [4.69, 9.17) is 5.73 Å². The standard InChI is InChI=1S/C68H126N12O13S/c1-24-48-62(88)80(23)68(94-34-30-29-33-81)67(93)75(18)50(36-40(4)5)59(85)73-53(43(10)11)65(91)74(17)49(35-39(2)3)58(84)70-46(15)57(83)71-47(16)61(87)76(19)51(37-41(6)7)63(89)77(20)52(38-42(8)9)64(90)78(21)54(44(12)13)66(92)79(22)55(60(86)72-48)56(82)45(14)31-27-25-26-28-32-69/h39-56,68,81-82H,24-38,69H2,1-23H3,(H,70,84)(H,71,83)(H,72,86)(H,73,85)/t45-,46+,47-,48+,49+,50+,51+,52+,53+,54+,55+,56-,68-/m1/s1. The SMILES string of the molecule is CC[C@@H]1NC(=O)[C@H]([C@H](O)[C@H](C)CCCCCCN)N(C)C(=O)[C@H](C(C)C)N(C)C(=O)[C@H](CC(C)C)N(C)C(=O)[C@H](CC(C)C)N(C)C(=O)[C@@H](C)NC(=O)[C@H](C)NC(=O)[C@H](CC(C)C)N(C)C(=O)[C@H](C(C)C)NC(=O)[C@H](CC(C)C)N(C)C(=O)[C@@H](SCCCCO)N(C)C1=O. The van der Waals surface area contributed by atoms with Crippen LogP contribution in [0.15, 0.2) is 0 Å². The molecule has 0 aromatic rings. The van der Waals surface area contributed by atoms with Crippen molar-refractivity contribution in [3.63, 3.8) is 0 Å². The minimum absolute atomic E-state index is 0.0144. The summed E-state index contributed by atoms with van der Waals surface area (Å²) in [4.78, 5) is 172. The molecule has 25 nitrogen and oxygen atoms in total. The third kappa shape index (κ3) is 25.4. The molecule has 0 spiro atoms. The van der Waals surface area contributed by atoms with Gasteiger partial charge in [0.25, 0.3) is 5.91 Å². The lowest BCUT2D eigenvalue weighted by atomic mass is 9.90. The molecule has 1 rings (SSSR count). The molecular weight excluding hydrogens is 1220 g/mol. The summed E-state index contributed by atoms with van der Waals surface area (Å²) in [6.45, 7) is 28.6. The van der Waals surface area contributed by atoms with Crippen molar-refractivity contribution in [2.24, 2.45) is 47.2 Å². The van der Waals surface area contributed by atoms with Crippen molar-refractivity contribution in [3.8, 4) is 0 Å². The first-order valence-corrected chi connectivity index (χ1v) is 35.4. The van der Waals surface area contributed by atoms with Crippen LogP contribution in [0.4, 0.5) is 0 Å². The summed E-state index contributed by atoms with van der Waals surface area (Å²) in [7, 11) is 10.0. The Bertz CT molecular complexity index is 2470. The van der Waals surface area contributed by atoms with E-state index in [2.05, 4.69) is 21.3 Å². The fraction of sp³-hybridized carbons (Fsp3) is 0.838. The van der Waals surface area contributed by atoms with Crippen LogP contribution < -0.4 is 27.0 Å². The monoisotopic (exact) mass is 1350 g/mol. The van der Waals surface area contributed by atoms with E-state index in [-0.39, 0.29) is 68.1 Å². The lowest BCUT2D eigenvalue weighted by Crippen LogP contribution is -2.64. The van der Waals surface area contributed by atoms with Gasteiger partial charge in [-0.3, -0.25) is 52.7 Å². The van der Waals surface area contributed by atoms with Gasteiger partial charge in [0.1, 0.15) is 60.4 Å².